The molecule has 1 atom stereocenters. The summed E-state index contributed by atoms with van der Waals surface area (Å²) >= 11 is 6.09. The van der Waals surface area contributed by atoms with Crippen LogP contribution >= 0.6 is 11.6 Å². The molecule has 2 aliphatic heterocycles. The Balaban J connectivity index is 1.23. The molecule has 5 rings (SSSR count). The normalized spacial score (nSPS) is 20.3. The van der Waals surface area contributed by atoms with Gasteiger partial charge in [0.05, 0.1) is 13.1 Å². The van der Waals surface area contributed by atoms with E-state index >= 15 is 0 Å². The highest BCUT2D eigenvalue weighted by Crippen LogP contribution is 2.35. The fourth-order valence-electron chi connectivity index (χ4n) is 4.60. The van der Waals surface area contributed by atoms with Gasteiger partial charge in [-0.2, -0.15) is 0 Å². The van der Waals surface area contributed by atoms with E-state index in [1.807, 2.05) is 71.6 Å². The summed E-state index contributed by atoms with van der Waals surface area (Å²) in [5.41, 5.74) is 2.92. The third kappa shape index (κ3) is 4.58. The third-order valence-corrected chi connectivity index (χ3v) is 6.37. The topological polar surface area (TPSA) is 61.9 Å². The van der Waals surface area contributed by atoms with E-state index in [1.54, 1.807) is 17.0 Å². The molecule has 0 bridgehead atoms. The molecule has 6 nitrogen and oxygen atoms in total. The second-order valence-corrected chi connectivity index (χ2v) is 8.97. The standard InChI is InChI=1S/C26H24ClN3O3/c27-20-9-6-10-21(15-20)30-18-26(33-25(30)32)13-14-29(17-26)16-24(31)28-23-12-5-4-11-22(23)19-7-2-1-3-8-19/h1-12,15H,13-14,16-18H2,(H,28,31)/t26-/m0/s1. The number of ether oxygens (including phenoxy) is 1. The van der Waals surface area contributed by atoms with Crippen LogP contribution in [0.4, 0.5) is 16.2 Å². The van der Waals surface area contributed by atoms with E-state index in [0.29, 0.717) is 31.1 Å². The van der Waals surface area contributed by atoms with Gasteiger partial charge in [-0.1, -0.05) is 66.2 Å². The molecule has 0 saturated carbocycles. The molecule has 0 aromatic heterocycles. The first-order chi connectivity index (χ1) is 16.0. The van der Waals surface area contributed by atoms with Gasteiger partial charge in [-0.3, -0.25) is 14.6 Å². The predicted octanol–water partition coefficient (Wildman–Crippen LogP) is 5.05. The minimum absolute atomic E-state index is 0.0912. The molecule has 2 amide bonds. The lowest BCUT2D eigenvalue weighted by Gasteiger charge is -2.22. The number of benzene rings is 3. The summed E-state index contributed by atoms with van der Waals surface area (Å²) in [5.74, 6) is -0.0912. The number of amides is 2. The predicted molar refractivity (Wildman–Crippen MR) is 130 cm³/mol. The number of likely N-dealkylation sites (tertiary alicyclic amines) is 1. The minimum atomic E-state index is -0.609. The molecule has 1 N–H and O–H groups in total. The van der Waals surface area contributed by atoms with Crippen LogP contribution in [-0.2, 0) is 9.53 Å². The van der Waals surface area contributed by atoms with Gasteiger partial charge < -0.3 is 10.1 Å². The third-order valence-electron chi connectivity index (χ3n) is 6.14. The fraction of sp³-hybridized carbons (Fsp3) is 0.231. The number of anilines is 2. The van der Waals surface area contributed by atoms with Crippen molar-refractivity contribution >= 4 is 35.0 Å². The largest absolute Gasteiger partial charge is 0.439 e. The van der Waals surface area contributed by atoms with Gasteiger partial charge in [-0.05, 0) is 29.8 Å². The lowest BCUT2D eigenvalue weighted by atomic mass is 10.0. The summed E-state index contributed by atoms with van der Waals surface area (Å²) in [4.78, 5) is 29.1. The van der Waals surface area contributed by atoms with Crippen molar-refractivity contribution < 1.29 is 14.3 Å². The molecule has 7 heteroatoms. The van der Waals surface area contributed by atoms with E-state index in [1.165, 1.54) is 0 Å². The molecule has 2 saturated heterocycles. The maximum Gasteiger partial charge on any atom is 0.415 e. The van der Waals surface area contributed by atoms with Crippen LogP contribution in [0.3, 0.4) is 0 Å². The van der Waals surface area contributed by atoms with Gasteiger partial charge in [0.25, 0.3) is 0 Å². The zero-order valence-electron chi connectivity index (χ0n) is 18.0. The molecular weight excluding hydrogens is 438 g/mol. The summed E-state index contributed by atoms with van der Waals surface area (Å²) in [6.07, 6.45) is 0.310. The van der Waals surface area contributed by atoms with Crippen LogP contribution in [0.1, 0.15) is 6.42 Å². The SMILES string of the molecule is O=C(CN1CC[C@]2(C1)CN(c1cccc(Cl)c1)C(=O)O2)Nc1ccccc1-c1ccccc1. The monoisotopic (exact) mass is 461 g/mol. The van der Waals surface area contributed by atoms with Crippen molar-refractivity contribution in [2.75, 3.05) is 36.4 Å². The number of hydrogen-bond donors (Lipinski definition) is 1. The number of halogens is 1. The fourth-order valence-corrected chi connectivity index (χ4v) is 4.78. The van der Waals surface area contributed by atoms with Gasteiger partial charge in [0.2, 0.25) is 5.91 Å². The maximum atomic E-state index is 12.9. The molecule has 1 spiro atoms. The van der Waals surface area contributed by atoms with E-state index in [-0.39, 0.29) is 18.5 Å². The van der Waals surface area contributed by atoms with Crippen molar-refractivity contribution in [2.45, 2.75) is 12.0 Å². The van der Waals surface area contributed by atoms with Gasteiger partial charge in [-0.15, -0.1) is 0 Å². The smallest absolute Gasteiger partial charge is 0.415 e. The summed E-state index contributed by atoms with van der Waals surface area (Å²) in [5, 5.41) is 3.62. The highest BCUT2D eigenvalue weighted by Gasteiger charge is 2.50. The quantitative estimate of drug-likeness (QED) is 0.577. The molecule has 0 radical (unpaired) electrons. The lowest BCUT2D eigenvalue weighted by molar-refractivity contribution is -0.117. The number of carbonyl (C=O) groups excluding carboxylic acids is 2. The van der Waals surface area contributed by atoms with Crippen molar-refractivity contribution in [2.24, 2.45) is 0 Å². The van der Waals surface area contributed by atoms with Gasteiger partial charge in [-0.25, -0.2) is 4.79 Å². The van der Waals surface area contributed by atoms with Crippen LogP contribution in [0.25, 0.3) is 11.1 Å². The zero-order valence-corrected chi connectivity index (χ0v) is 18.8. The first-order valence-corrected chi connectivity index (χ1v) is 11.3. The summed E-state index contributed by atoms with van der Waals surface area (Å²) < 4.78 is 5.79. The Morgan fingerprint density at radius 1 is 1.00 bits per heavy atom. The Kier molecular flexibility index (Phi) is 5.79. The summed E-state index contributed by atoms with van der Waals surface area (Å²) in [7, 11) is 0. The van der Waals surface area contributed by atoms with Crippen LogP contribution in [0.5, 0.6) is 0 Å². The van der Waals surface area contributed by atoms with E-state index in [4.69, 9.17) is 16.3 Å². The molecule has 3 aromatic rings. The Morgan fingerprint density at radius 3 is 2.61 bits per heavy atom. The molecule has 33 heavy (non-hydrogen) atoms. The molecule has 0 unspecified atom stereocenters. The molecule has 168 valence electrons. The van der Waals surface area contributed by atoms with E-state index in [9.17, 15) is 9.59 Å². The molecule has 0 aliphatic carbocycles. The Bertz CT molecular complexity index is 1190. The lowest BCUT2D eigenvalue weighted by Crippen LogP contribution is -2.39. The second kappa shape index (κ2) is 8.89. The van der Waals surface area contributed by atoms with E-state index < -0.39 is 5.60 Å². The minimum Gasteiger partial charge on any atom is -0.439 e. The zero-order chi connectivity index (χ0) is 22.8. The Morgan fingerprint density at radius 2 is 1.79 bits per heavy atom. The first-order valence-electron chi connectivity index (χ1n) is 10.9. The number of nitrogens with zero attached hydrogens (tertiary/aromatic N) is 2. The first kappa shape index (κ1) is 21.5. The van der Waals surface area contributed by atoms with Gasteiger partial charge in [0.15, 0.2) is 0 Å². The van der Waals surface area contributed by atoms with Crippen molar-refractivity contribution in [1.29, 1.82) is 0 Å². The van der Waals surface area contributed by atoms with Crippen LogP contribution in [0, 0.1) is 0 Å². The molecule has 2 fully saturated rings. The number of nitrogens with one attached hydrogen (secondary N) is 1. The van der Waals surface area contributed by atoms with Crippen molar-refractivity contribution in [3.8, 4) is 11.1 Å². The van der Waals surface area contributed by atoms with E-state index in [2.05, 4.69) is 5.32 Å². The average Bonchev–Trinajstić information content (AvgIpc) is 3.36. The van der Waals surface area contributed by atoms with Crippen LogP contribution < -0.4 is 10.2 Å². The number of para-hydroxylation sites is 1. The van der Waals surface area contributed by atoms with Crippen molar-refractivity contribution in [3.63, 3.8) is 0 Å². The number of carbonyl (C=O) groups is 2. The van der Waals surface area contributed by atoms with E-state index in [0.717, 1.165) is 22.5 Å². The Labute approximate surface area is 197 Å². The average molecular weight is 462 g/mol. The van der Waals surface area contributed by atoms with Crippen molar-refractivity contribution in [1.82, 2.24) is 4.90 Å². The maximum absolute atomic E-state index is 12.9. The summed E-state index contributed by atoms with van der Waals surface area (Å²) in [6.45, 7) is 1.88. The van der Waals surface area contributed by atoms with Crippen LogP contribution in [0.2, 0.25) is 5.02 Å². The highest BCUT2D eigenvalue weighted by molar-refractivity contribution is 6.30. The van der Waals surface area contributed by atoms with Crippen LogP contribution in [0.15, 0.2) is 78.9 Å². The molecule has 3 aromatic carbocycles. The van der Waals surface area contributed by atoms with Gasteiger partial charge >= 0.3 is 6.09 Å². The van der Waals surface area contributed by atoms with Gasteiger partial charge in [0, 0.05) is 41.5 Å². The van der Waals surface area contributed by atoms with Crippen molar-refractivity contribution in [3.05, 3.63) is 83.9 Å². The number of hydrogen-bond acceptors (Lipinski definition) is 4. The van der Waals surface area contributed by atoms with Crippen LogP contribution in [-0.4, -0.2) is 48.7 Å². The molecule has 2 heterocycles. The Hall–Kier alpha value is -3.35. The second-order valence-electron chi connectivity index (χ2n) is 8.54. The molecular formula is C26H24ClN3O3. The van der Waals surface area contributed by atoms with Gasteiger partial charge in [0.1, 0.15) is 5.60 Å². The molecule has 2 aliphatic rings. The highest BCUT2D eigenvalue weighted by atomic mass is 35.5. The summed E-state index contributed by atoms with van der Waals surface area (Å²) in [6, 6.07) is 24.9. The number of rotatable bonds is 5.